The average Bonchev–Trinajstić information content (AvgIpc) is 3.18. The van der Waals surface area contributed by atoms with Crippen LogP contribution in [0.15, 0.2) is 72.8 Å². The molecule has 1 N–H and O–H groups in total. The number of amides is 1. The van der Waals surface area contributed by atoms with Crippen LogP contribution in [0.1, 0.15) is 24.2 Å². The summed E-state index contributed by atoms with van der Waals surface area (Å²) in [5.74, 6) is 0.776. The van der Waals surface area contributed by atoms with Crippen LogP contribution in [0.4, 0.5) is 10.1 Å². The summed E-state index contributed by atoms with van der Waals surface area (Å²) in [7, 11) is 0. The quantitative estimate of drug-likeness (QED) is 0.455. The number of imidazole rings is 1. The van der Waals surface area contributed by atoms with Crippen molar-refractivity contribution in [2.24, 2.45) is 5.92 Å². The van der Waals surface area contributed by atoms with Gasteiger partial charge in [-0.05, 0) is 86.9 Å². The van der Waals surface area contributed by atoms with Crippen LogP contribution in [0.3, 0.4) is 0 Å². The fourth-order valence-electron chi connectivity index (χ4n) is 4.58. The zero-order valence-electron chi connectivity index (χ0n) is 18.7. The van der Waals surface area contributed by atoms with E-state index in [0.717, 1.165) is 59.7 Å². The van der Waals surface area contributed by atoms with Gasteiger partial charge < -0.3 is 5.32 Å². The number of nitrogens with zero attached hydrogens (tertiary/aromatic N) is 3. The van der Waals surface area contributed by atoms with Gasteiger partial charge in [-0.1, -0.05) is 24.3 Å². The van der Waals surface area contributed by atoms with E-state index in [4.69, 9.17) is 4.98 Å². The molecule has 1 amide bonds. The van der Waals surface area contributed by atoms with Gasteiger partial charge in [-0.15, -0.1) is 0 Å². The van der Waals surface area contributed by atoms with Crippen LogP contribution in [0.5, 0.6) is 0 Å². The summed E-state index contributed by atoms with van der Waals surface area (Å²) in [5.41, 5.74) is 4.81. The van der Waals surface area contributed by atoms with Crippen molar-refractivity contribution in [2.45, 2.75) is 26.3 Å². The summed E-state index contributed by atoms with van der Waals surface area (Å²) in [4.78, 5) is 20.0. The Hall–Kier alpha value is -3.51. The van der Waals surface area contributed by atoms with Crippen molar-refractivity contribution >= 4 is 22.6 Å². The molecule has 1 fully saturated rings. The smallest absolute Gasteiger partial charge is 0.227 e. The van der Waals surface area contributed by atoms with Gasteiger partial charge in [0.05, 0.1) is 17.6 Å². The number of hydrogen-bond donors (Lipinski definition) is 1. The molecule has 0 radical (unpaired) electrons. The standard InChI is InChI=1S/C27H27FN4O/c1-19-5-4-6-22(17-19)29-27(33)20-13-15-31(16-14-20)18-26-30-24-7-2-3-8-25(24)32(26)23-11-9-21(28)10-12-23/h2-12,17,20H,13-16,18H2,1H3,(H,29,33). The number of aromatic nitrogens is 2. The lowest BCUT2D eigenvalue weighted by Gasteiger charge is -2.31. The van der Waals surface area contributed by atoms with Crippen molar-refractivity contribution in [1.29, 1.82) is 0 Å². The van der Waals surface area contributed by atoms with Gasteiger partial charge in [0.25, 0.3) is 0 Å². The number of carbonyl (C=O) groups excluding carboxylic acids is 1. The highest BCUT2D eigenvalue weighted by atomic mass is 19.1. The minimum atomic E-state index is -0.254. The first kappa shape index (κ1) is 21.3. The lowest BCUT2D eigenvalue weighted by Crippen LogP contribution is -2.38. The second-order valence-corrected chi connectivity index (χ2v) is 8.74. The van der Waals surface area contributed by atoms with Crippen LogP contribution >= 0.6 is 0 Å². The second kappa shape index (κ2) is 9.16. The Morgan fingerprint density at radius 3 is 2.55 bits per heavy atom. The van der Waals surface area contributed by atoms with Gasteiger partial charge in [0.1, 0.15) is 11.6 Å². The Bertz CT molecular complexity index is 1270. The van der Waals surface area contributed by atoms with E-state index in [0.29, 0.717) is 6.54 Å². The van der Waals surface area contributed by atoms with Crippen LogP contribution in [0.2, 0.25) is 0 Å². The van der Waals surface area contributed by atoms with Crippen molar-refractivity contribution in [3.05, 3.63) is 90.0 Å². The van der Waals surface area contributed by atoms with E-state index < -0.39 is 0 Å². The number of piperidine rings is 1. The van der Waals surface area contributed by atoms with Crippen LogP contribution in [-0.2, 0) is 11.3 Å². The second-order valence-electron chi connectivity index (χ2n) is 8.74. The molecule has 0 spiro atoms. The van der Waals surface area contributed by atoms with E-state index in [1.807, 2.05) is 55.5 Å². The fraction of sp³-hybridized carbons (Fsp3) is 0.259. The molecular weight excluding hydrogens is 415 g/mol. The number of halogens is 1. The van der Waals surface area contributed by atoms with E-state index >= 15 is 0 Å². The third-order valence-corrected chi connectivity index (χ3v) is 6.32. The number of para-hydroxylation sites is 2. The maximum Gasteiger partial charge on any atom is 0.227 e. The normalized spacial score (nSPS) is 15.1. The topological polar surface area (TPSA) is 50.2 Å². The first-order valence-electron chi connectivity index (χ1n) is 11.4. The Balaban J connectivity index is 1.29. The first-order chi connectivity index (χ1) is 16.1. The summed E-state index contributed by atoms with van der Waals surface area (Å²) in [6.07, 6.45) is 1.63. The summed E-state index contributed by atoms with van der Waals surface area (Å²) < 4.78 is 15.6. The monoisotopic (exact) mass is 442 g/mol. The number of benzene rings is 3. The van der Waals surface area contributed by atoms with Crippen molar-refractivity contribution < 1.29 is 9.18 Å². The molecule has 0 aliphatic carbocycles. The van der Waals surface area contributed by atoms with Gasteiger partial charge in [0.2, 0.25) is 5.91 Å². The largest absolute Gasteiger partial charge is 0.326 e. The highest BCUT2D eigenvalue weighted by molar-refractivity contribution is 5.92. The van der Waals surface area contributed by atoms with Crippen LogP contribution < -0.4 is 5.32 Å². The average molecular weight is 443 g/mol. The van der Waals surface area contributed by atoms with E-state index in [9.17, 15) is 9.18 Å². The number of anilines is 1. The third kappa shape index (κ3) is 4.66. The number of fused-ring (bicyclic) bond motifs is 1. The van der Waals surface area contributed by atoms with E-state index in [1.54, 1.807) is 12.1 Å². The minimum absolute atomic E-state index is 0.0117. The molecule has 3 aromatic carbocycles. The van der Waals surface area contributed by atoms with Crippen molar-refractivity contribution in [1.82, 2.24) is 14.5 Å². The Kier molecular flexibility index (Phi) is 5.92. The van der Waals surface area contributed by atoms with Crippen molar-refractivity contribution in [3.63, 3.8) is 0 Å². The molecule has 0 unspecified atom stereocenters. The summed E-state index contributed by atoms with van der Waals surface area (Å²) in [5, 5.41) is 3.07. The molecular formula is C27H27FN4O. The molecule has 1 saturated heterocycles. The molecule has 5 nitrogen and oxygen atoms in total. The number of rotatable bonds is 5. The number of carbonyl (C=O) groups is 1. The fourth-order valence-corrected chi connectivity index (χ4v) is 4.58. The Labute approximate surface area is 192 Å². The molecule has 1 aliphatic rings. The molecule has 0 saturated carbocycles. The Morgan fingerprint density at radius 2 is 1.79 bits per heavy atom. The molecule has 33 heavy (non-hydrogen) atoms. The molecule has 2 heterocycles. The lowest BCUT2D eigenvalue weighted by atomic mass is 9.95. The van der Waals surface area contributed by atoms with E-state index in [2.05, 4.69) is 14.8 Å². The summed E-state index contributed by atoms with van der Waals surface area (Å²) >= 11 is 0. The maximum absolute atomic E-state index is 13.5. The molecule has 0 atom stereocenters. The van der Waals surface area contributed by atoms with Crippen LogP contribution in [0, 0.1) is 18.7 Å². The number of hydrogen-bond acceptors (Lipinski definition) is 3. The SMILES string of the molecule is Cc1cccc(NC(=O)C2CCN(Cc3nc4ccccc4n3-c3ccc(F)cc3)CC2)c1. The predicted octanol–water partition coefficient (Wildman–Crippen LogP) is 5.32. The maximum atomic E-state index is 13.5. The minimum Gasteiger partial charge on any atom is -0.326 e. The predicted molar refractivity (Wildman–Crippen MR) is 129 cm³/mol. The van der Waals surface area contributed by atoms with Gasteiger partial charge in [0.15, 0.2) is 0 Å². The molecule has 4 aromatic rings. The van der Waals surface area contributed by atoms with Gasteiger partial charge in [-0.3, -0.25) is 14.3 Å². The lowest BCUT2D eigenvalue weighted by molar-refractivity contribution is -0.121. The van der Waals surface area contributed by atoms with E-state index in [1.165, 1.54) is 12.1 Å². The zero-order valence-corrected chi connectivity index (χ0v) is 18.7. The molecule has 1 aromatic heterocycles. The van der Waals surface area contributed by atoms with E-state index in [-0.39, 0.29) is 17.6 Å². The molecule has 168 valence electrons. The highest BCUT2D eigenvalue weighted by Gasteiger charge is 2.26. The molecule has 6 heteroatoms. The zero-order chi connectivity index (χ0) is 22.8. The highest BCUT2D eigenvalue weighted by Crippen LogP contribution is 2.25. The van der Waals surface area contributed by atoms with Crippen LogP contribution in [0.25, 0.3) is 16.7 Å². The number of likely N-dealkylation sites (tertiary alicyclic amines) is 1. The van der Waals surface area contributed by atoms with Crippen molar-refractivity contribution in [2.75, 3.05) is 18.4 Å². The van der Waals surface area contributed by atoms with Gasteiger partial charge in [0, 0.05) is 17.3 Å². The van der Waals surface area contributed by atoms with Gasteiger partial charge in [-0.25, -0.2) is 9.37 Å². The number of nitrogens with one attached hydrogen (secondary N) is 1. The summed E-state index contributed by atoms with van der Waals surface area (Å²) in [6.45, 7) is 4.36. The molecule has 1 aliphatic heterocycles. The molecule has 5 rings (SSSR count). The van der Waals surface area contributed by atoms with Crippen molar-refractivity contribution in [3.8, 4) is 5.69 Å². The van der Waals surface area contributed by atoms with Gasteiger partial charge in [-0.2, -0.15) is 0 Å². The molecule has 0 bridgehead atoms. The Morgan fingerprint density at radius 1 is 1.03 bits per heavy atom. The first-order valence-corrected chi connectivity index (χ1v) is 11.4. The third-order valence-electron chi connectivity index (χ3n) is 6.32. The number of aryl methyl sites for hydroxylation is 1. The van der Waals surface area contributed by atoms with Crippen LogP contribution in [-0.4, -0.2) is 33.4 Å². The summed E-state index contributed by atoms with van der Waals surface area (Å²) in [6, 6.07) is 22.4. The van der Waals surface area contributed by atoms with Gasteiger partial charge >= 0.3 is 0 Å².